The van der Waals surface area contributed by atoms with Crippen molar-refractivity contribution in [1.29, 1.82) is 0 Å². The molecular weight excluding hydrogens is 226 g/mol. The van der Waals surface area contributed by atoms with Crippen molar-refractivity contribution in [3.05, 3.63) is 34.9 Å². The maximum absolute atomic E-state index is 11.5. The number of hydrogen-bond acceptors (Lipinski definition) is 1. The van der Waals surface area contributed by atoms with E-state index in [1.807, 2.05) is 12.1 Å². The van der Waals surface area contributed by atoms with Gasteiger partial charge in [0.05, 0.1) is 13.1 Å². The van der Waals surface area contributed by atoms with Crippen LogP contribution in [0.25, 0.3) is 0 Å². The number of quaternary nitrogens is 1. The van der Waals surface area contributed by atoms with E-state index in [2.05, 4.69) is 5.32 Å². The quantitative estimate of drug-likeness (QED) is 0.811. The van der Waals surface area contributed by atoms with E-state index in [-0.39, 0.29) is 0 Å². The van der Waals surface area contributed by atoms with Crippen LogP contribution in [0.4, 0.5) is 0 Å². The molecule has 0 aromatic heterocycles. The third-order valence-electron chi connectivity index (χ3n) is 3.36. The molecule has 0 unspecified atom stereocenters. The van der Waals surface area contributed by atoms with Crippen LogP contribution in [0.15, 0.2) is 24.3 Å². The van der Waals surface area contributed by atoms with E-state index in [4.69, 9.17) is 11.6 Å². The number of benzene rings is 1. The molecule has 3 N–H and O–H groups in total. The Morgan fingerprint density at radius 2 is 1.81 bits per heavy atom. The normalized spacial score (nSPS) is 19.3. The summed E-state index contributed by atoms with van der Waals surface area (Å²) in [4.78, 5) is 11.5. The number of carboxylic acids is 1. The lowest BCUT2D eigenvalue weighted by atomic mass is 9.73. The van der Waals surface area contributed by atoms with Crippen molar-refractivity contribution < 1.29 is 15.2 Å². The average Bonchev–Trinajstić information content (AvgIpc) is 2.30. The van der Waals surface area contributed by atoms with Crippen LogP contribution < -0.4 is 5.32 Å². The molecule has 1 heterocycles. The summed E-state index contributed by atoms with van der Waals surface area (Å²) in [6, 6.07) is 7.20. The van der Waals surface area contributed by atoms with E-state index in [1.54, 1.807) is 12.1 Å². The highest BCUT2D eigenvalue weighted by molar-refractivity contribution is 6.30. The van der Waals surface area contributed by atoms with Crippen LogP contribution in [0.2, 0.25) is 5.02 Å². The average molecular weight is 241 g/mol. The molecule has 3 nitrogen and oxygen atoms in total. The molecule has 1 aromatic rings. The van der Waals surface area contributed by atoms with Gasteiger partial charge >= 0.3 is 5.97 Å². The molecule has 1 aromatic carbocycles. The highest BCUT2D eigenvalue weighted by Crippen LogP contribution is 2.33. The summed E-state index contributed by atoms with van der Waals surface area (Å²) in [5.41, 5.74) is 0.164. The molecule has 1 aliphatic rings. The van der Waals surface area contributed by atoms with Crippen molar-refractivity contribution in [2.75, 3.05) is 13.1 Å². The van der Waals surface area contributed by atoms with Crippen LogP contribution >= 0.6 is 11.6 Å². The van der Waals surface area contributed by atoms with E-state index >= 15 is 0 Å². The van der Waals surface area contributed by atoms with Gasteiger partial charge in [0.25, 0.3) is 0 Å². The van der Waals surface area contributed by atoms with Crippen LogP contribution in [0.3, 0.4) is 0 Å². The van der Waals surface area contributed by atoms with Crippen LogP contribution in [0.1, 0.15) is 18.4 Å². The van der Waals surface area contributed by atoms with Crippen LogP contribution in [-0.4, -0.2) is 24.2 Å². The fourth-order valence-electron chi connectivity index (χ4n) is 2.36. The molecule has 1 fully saturated rings. The molecular formula is C12H15ClNO2+. The zero-order chi connectivity index (χ0) is 11.6. The van der Waals surface area contributed by atoms with Gasteiger partial charge < -0.3 is 10.4 Å². The Labute approximate surface area is 99.4 Å². The number of piperidine rings is 1. The smallest absolute Gasteiger partial charge is 0.314 e. The fraction of sp³-hybridized carbons (Fsp3) is 0.417. The van der Waals surface area contributed by atoms with Gasteiger partial charge in [0.1, 0.15) is 5.41 Å². The molecule has 16 heavy (non-hydrogen) atoms. The molecule has 4 heteroatoms. The monoisotopic (exact) mass is 240 g/mol. The first kappa shape index (κ1) is 11.4. The number of carboxylic acid groups (broad SMARTS) is 1. The number of rotatable bonds is 2. The molecule has 0 spiro atoms. The minimum Gasteiger partial charge on any atom is -0.481 e. The summed E-state index contributed by atoms with van der Waals surface area (Å²) < 4.78 is 0. The number of halogens is 1. The lowest BCUT2D eigenvalue weighted by Gasteiger charge is -2.32. The second-order valence-corrected chi connectivity index (χ2v) is 4.70. The molecule has 2 rings (SSSR count). The Hall–Kier alpha value is -1.06. The molecule has 1 saturated heterocycles. The summed E-state index contributed by atoms with van der Waals surface area (Å²) in [5.74, 6) is -0.720. The molecule has 0 aliphatic carbocycles. The number of hydrogen-bond donors (Lipinski definition) is 2. The van der Waals surface area contributed by atoms with Crippen molar-refractivity contribution in [2.45, 2.75) is 18.3 Å². The largest absolute Gasteiger partial charge is 0.481 e. The predicted molar refractivity (Wildman–Crippen MR) is 61.7 cm³/mol. The van der Waals surface area contributed by atoms with E-state index in [9.17, 15) is 9.90 Å². The van der Waals surface area contributed by atoms with E-state index in [0.717, 1.165) is 18.7 Å². The van der Waals surface area contributed by atoms with Crippen LogP contribution in [0, 0.1) is 0 Å². The minimum absolute atomic E-state index is 0.645. The SMILES string of the molecule is O=C(O)C1(c2ccc(Cl)cc2)CC[NH2+]CC1. The van der Waals surface area contributed by atoms with Gasteiger partial charge in [-0.15, -0.1) is 0 Å². The second-order valence-electron chi connectivity index (χ2n) is 4.26. The van der Waals surface area contributed by atoms with Crippen molar-refractivity contribution in [3.8, 4) is 0 Å². The maximum atomic E-state index is 11.5. The van der Waals surface area contributed by atoms with Crippen molar-refractivity contribution in [3.63, 3.8) is 0 Å². The first-order chi connectivity index (χ1) is 7.65. The van der Waals surface area contributed by atoms with Gasteiger partial charge in [-0.1, -0.05) is 23.7 Å². The predicted octanol–water partition coefficient (Wildman–Crippen LogP) is 1.02. The zero-order valence-electron chi connectivity index (χ0n) is 8.95. The lowest BCUT2D eigenvalue weighted by Crippen LogP contribution is -2.87. The van der Waals surface area contributed by atoms with E-state index < -0.39 is 11.4 Å². The Balaban J connectivity index is 2.38. The number of aliphatic carboxylic acids is 1. The van der Waals surface area contributed by atoms with Gasteiger partial charge in [-0.3, -0.25) is 4.79 Å². The van der Waals surface area contributed by atoms with Gasteiger partial charge in [-0.25, -0.2) is 0 Å². The Morgan fingerprint density at radius 1 is 1.25 bits per heavy atom. The zero-order valence-corrected chi connectivity index (χ0v) is 9.70. The first-order valence-corrected chi connectivity index (χ1v) is 5.84. The molecule has 0 bridgehead atoms. The topological polar surface area (TPSA) is 53.9 Å². The summed E-state index contributed by atoms with van der Waals surface area (Å²) in [6.45, 7) is 1.74. The minimum atomic E-state index is -0.720. The van der Waals surface area contributed by atoms with Gasteiger partial charge in [-0.05, 0) is 17.7 Å². The van der Waals surface area contributed by atoms with Gasteiger partial charge in [-0.2, -0.15) is 0 Å². The summed E-state index contributed by atoms with van der Waals surface area (Å²) in [7, 11) is 0. The van der Waals surface area contributed by atoms with Crippen molar-refractivity contribution in [2.24, 2.45) is 0 Å². The third-order valence-corrected chi connectivity index (χ3v) is 3.61. The van der Waals surface area contributed by atoms with E-state index in [0.29, 0.717) is 17.9 Å². The molecule has 0 amide bonds. The second kappa shape index (κ2) is 4.44. The lowest BCUT2D eigenvalue weighted by molar-refractivity contribution is -0.664. The van der Waals surface area contributed by atoms with Crippen LogP contribution in [-0.2, 0) is 10.2 Å². The highest BCUT2D eigenvalue weighted by atomic mass is 35.5. The van der Waals surface area contributed by atoms with Crippen molar-refractivity contribution >= 4 is 17.6 Å². The van der Waals surface area contributed by atoms with Crippen molar-refractivity contribution in [1.82, 2.24) is 0 Å². The standard InChI is InChI=1S/C12H14ClNO2/c13-10-3-1-9(2-4-10)12(11(15)16)5-7-14-8-6-12/h1-4,14H,5-8H2,(H,15,16)/p+1. The Morgan fingerprint density at radius 3 is 2.31 bits per heavy atom. The fourth-order valence-corrected chi connectivity index (χ4v) is 2.49. The van der Waals surface area contributed by atoms with Gasteiger partial charge in [0.15, 0.2) is 0 Å². The molecule has 0 saturated carbocycles. The highest BCUT2D eigenvalue weighted by Gasteiger charge is 2.42. The third kappa shape index (κ3) is 1.93. The number of carbonyl (C=O) groups is 1. The van der Waals surface area contributed by atoms with E-state index in [1.165, 1.54) is 0 Å². The molecule has 86 valence electrons. The summed E-state index contributed by atoms with van der Waals surface area (Å²) in [5, 5.41) is 12.3. The molecule has 0 atom stereocenters. The first-order valence-electron chi connectivity index (χ1n) is 5.46. The van der Waals surface area contributed by atoms with Gasteiger partial charge in [0.2, 0.25) is 0 Å². The van der Waals surface area contributed by atoms with Gasteiger partial charge in [0, 0.05) is 17.9 Å². The maximum Gasteiger partial charge on any atom is 0.314 e. The van der Waals surface area contributed by atoms with Crippen LogP contribution in [0.5, 0.6) is 0 Å². The Bertz CT molecular complexity index is 383. The number of nitrogens with two attached hydrogens (primary N) is 1. The molecule has 0 radical (unpaired) electrons. The Kier molecular flexibility index (Phi) is 3.17. The summed E-state index contributed by atoms with van der Waals surface area (Å²) in [6.07, 6.45) is 1.37. The molecule has 1 aliphatic heterocycles. The summed E-state index contributed by atoms with van der Waals surface area (Å²) >= 11 is 5.82.